The average Bonchev–Trinajstić information content (AvgIpc) is 2.66. The lowest BCUT2D eigenvalue weighted by Gasteiger charge is -2.15. The lowest BCUT2D eigenvalue weighted by molar-refractivity contribution is 0.0696. The predicted octanol–water partition coefficient (Wildman–Crippen LogP) is 4.25. The Labute approximate surface area is 162 Å². The van der Waals surface area contributed by atoms with Gasteiger partial charge in [-0.1, -0.05) is 30.3 Å². The number of benzene rings is 3. The zero-order valence-corrected chi connectivity index (χ0v) is 15.3. The molecule has 28 heavy (non-hydrogen) atoms. The fourth-order valence-corrected chi connectivity index (χ4v) is 3.10. The summed E-state index contributed by atoms with van der Waals surface area (Å²) in [7, 11) is 0. The van der Waals surface area contributed by atoms with Crippen molar-refractivity contribution < 1.29 is 19.8 Å². The Morgan fingerprint density at radius 3 is 2.18 bits per heavy atom. The lowest BCUT2D eigenvalue weighted by atomic mass is 9.94. The molecule has 0 aromatic heterocycles. The summed E-state index contributed by atoms with van der Waals surface area (Å²) in [5, 5.41) is 22.3. The summed E-state index contributed by atoms with van der Waals surface area (Å²) in [6.45, 7) is 2.02. The number of hydrogen-bond acceptors (Lipinski definition) is 4. The standard InChI is InChI=1S/C22H20N2O4/c1-13-18(21(25)26)10-15(11-19(13)22(27)28)17-7-2-3-8-20(17)24-12-14-5-4-6-16(23)9-14/h2-11,24H,12,23H2,1H3,(H,25,26)(H,27,28). The second-order valence-electron chi connectivity index (χ2n) is 6.45. The van der Waals surface area contributed by atoms with E-state index in [1.165, 1.54) is 19.1 Å². The van der Waals surface area contributed by atoms with Gasteiger partial charge in [-0.25, -0.2) is 9.59 Å². The molecule has 142 valence electrons. The summed E-state index contributed by atoms with van der Waals surface area (Å²) in [6.07, 6.45) is 0. The maximum atomic E-state index is 11.6. The number of para-hydroxylation sites is 1. The van der Waals surface area contributed by atoms with E-state index in [1.54, 1.807) is 0 Å². The van der Waals surface area contributed by atoms with Crippen LogP contribution in [0.1, 0.15) is 31.8 Å². The minimum Gasteiger partial charge on any atom is -0.478 e. The molecule has 0 saturated heterocycles. The van der Waals surface area contributed by atoms with Crippen LogP contribution < -0.4 is 11.1 Å². The molecule has 0 amide bonds. The molecule has 0 heterocycles. The molecule has 5 N–H and O–H groups in total. The van der Waals surface area contributed by atoms with E-state index < -0.39 is 11.9 Å². The van der Waals surface area contributed by atoms with Gasteiger partial charge in [0.05, 0.1) is 11.1 Å². The topological polar surface area (TPSA) is 113 Å². The molecule has 0 aliphatic heterocycles. The number of aromatic carboxylic acids is 2. The largest absolute Gasteiger partial charge is 0.478 e. The molecule has 0 unspecified atom stereocenters. The van der Waals surface area contributed by atoms with Crippen LogP contribution in [0.2, 0.25) is 0 Å². The Bertz CT molecular complexity index is 1020. The third kappa shape index (κ3) is 3.96. The number of carboxylic acids is 2. The molecule has 3 aromatic carbocycles. The van der Waals surface area contributed by atoms with Crippen molar-refractivity contribution in [1.82, 2.24) is 0 Å². The van der Waals surface area contributed by atoms with Crippen LogP contribution in [0.3, 0.4) is 0 Å². The smallest absolute Gasteiger partial charge is 0.335 e. The average molecular weight is 376 g/mol. The van der Waals surface area contributed by atoms with Crippen LogP contribution in [0.25, 0.3) is 11.1 Å². The van der Waals surface area contributed by atoms with Gasteiger partial charge in [-0.3, -0.25) is 0 Å². The van der Waals surface area contributed by atoms with E-state index in [-0.39, 0.29) is 16.7 Å². The second kappa shape index (κ2) is 7.84. The minimum atomic E-state index is -1.16. The molecule has 0 aliphatic rings. The molecule has 0 fully saturated rings. The summed E-state index contributed by atoms with van der Waals surface area (Å²) in [4.78, 5) is 23.2. The molecule has 6 heteroatoms. The van der Waals surface area contributed by atoms with Crippen molar-refractivity contribution in [2.24, 2.45) is 0 Å². The van der Waals surface area contributed by atoms with Gasteiger partial charge in [0.1, 0.15) is 0 Å². The van der Waals surface area contributed by atoms with Gasteiger partial charge < -0.3 is 21.3 Å². The van der Waals surface area contributed by atoms with Gasteiger partial charge in [0, 0.05) is 23.5 Å². The van der Waals surface area contributed by atoms with Crippen molar-refractivity contribution in [2.45, 2.75) is 13.5 Å². The van der Waals surface area contributed by atoms with Crippen molar-refractivity contribution in [3.8, 4) is 11.1 Å². The van der Waals surface area contributed by atoms with Crippen LogP contribution in [0.4, 0.5) is 11.4 Å². The van der Waals surface area contributed by atoms with E-state index in [0.717, 1.165) is 16.8 Å². The van der Waals surface area contributed by atoms with E-state index >= 15 is 0 Å². The van der Waals surface area contributed by atoms with Crippen molar-refractivity contribution in [3.05, 3.63) is 82.9 Å². The molecule has 0 spiro atoms. The first-order chi connectivity index (χ1) is 13.4. The van der Waals surface area contributed by atoms with Crippen LogP contribution in [0, 0.1) is 6.92 Å². The molecule has 3 aromatic rings. The Hall–Kier alpha value is -3.80. The quantitative estimate of drug-likeness (QED) is 0.478. The van der Waals surface area contributed by atoms with Crippen LogP contribution in [-0.4, -0.2) is 22.2 Å². The molecular formula is C22H20N2O4. The minimum absolute atomic E-state index is 0.0273. The van der Waals surface area contributed by atoms with Gasteiger partial charge in [-0.2, -0.15) is 0 Å². The van der Waals surface area contributed by atoms with Crippen molar-refractivity contribution >= 4 is 23.3 Å². The number of nitrogens with two attached hydrogens (primary N) is 1. The van der Waals surface area contributed by atoms with Crippen molar-refractivity contribution in [1.29, 1.82) is 0 Å². The zero-order valence-electron chi connectivity index (χ0n) is 15.3. The van der Waals surface area contributed by atoms with Gasteiger partial charge in [-0.15, -0.1) is 0 Å². The normalized spacial score (nSPS) is 10.5. The Kier molecular flexibility index (Phi) is 5.31. The van der Waals surface area contributed by atoms with Crippen LogP contribution in [0.15, 0.2) is 60.7 Å². The summed E-state index contributed by atoms with van der Waals surface area (Å²) < 4.78 is 0. The Balaban J connectivity index is 2.02. The van der Waals surface area contributed by atoms with Crippen molar-refractivity contribution in [2.75, 3.05) is 11.1 Å². The zero-order chi connectivity index (χ0) is 20.3. The summed E-state index contributed by atoms with van der Waals surface area (Å²) >= 11 is 0. The fourth-order valence-electron chi connectivity index (χ4n) is 3.10. The van der Waals surface area contributed by atoms with Gasteiger partial charge >= 0.3 is 11.9 Å². The van der Waals surface area contributed by atoms with E-state index in [1.807, 2.05) is 48.5 Å². The number of anilines is 2. The number of nitrogen functional groups attached to an aromatic ring is 1. The maximum absolute atomic E-state index is 11.6. The van der Waals surface area contributed by atoms with E-state index in [2.05, 4.69) is 5.32 Å². The van der Waals surface area contributed by atoms with Crippen LogP contribution >= 0.6 is 0 Å². The van der Waals surface area contributed by atoms with E-state index in [9.17, 15) is 19.8 Å². The second-order valence-corrected chi connectivity index (χ2v) is 6.45. The molecule has 0 atom stereocenters. The molecule has 0 bridgehead atoms. The van der Waals surface area contributed by atoms with Gasteiger partial charge in [0.15, 0.2) is 0 Å². The number of carboxylic acid groups (broad SMARTS) is 2. The van der Waals surface area contributed by atoms with Gasteiger partial charge in [0.25, 0.3) is 0 Å². The lowest BCUT2D eigenvalue weighted by Crippen LogP contribution is -2.08. The van der Waals surface area contributed by atoms with Crippen LogP contribution in [-0.2, 0) is 6.54 Å². The van der Waals surface area contributed by atoms with Gasteiger partial charge in [0.2, 0.25) is 0 Å². The van der Waals surface area contributed by atoms with Gasteiger partial charge in [-0.05, 0) is 53.9 Å². The third-order valence-corrected chi connectivity index (χ3v) is 4.54. The third-order valence-electron chi connectivity index (χ3n) is 4.54. The predicted molar refractivity (Wildman–Crippen MR) is 109 cm³/mol. The van der Waals surface area contributed by atoms with Crippen LogP contribution in [0.5, 0.6) is 0 Å². The Morgan fingerprint density at radius 2 is 1.57 bits per heavy atom. The molecule has 0 saturated carbocycles. The fraction of sp³-hybridized carbons (Fsp3) is 0.0909. The first-order valence-electron chi connectivity index (χ1n) is 8.65. The van der Waals surface area contributed by atoms with Crippen molar-refractivity contribution in [3.63, 3.8) is 0 Å². The number of rotatable bonds is 6. The monoisotopic (exact) mass is 376 g/mol. The molecule has 0 radical (unpaired) electrons. The highest BCUT2D eigenvalue weighted by atomic mass is 16.4. The van der Waals surface area contributed by atoms with E-state index in [4.69, 9.17) is 5.73 Å². The molecular weight excluding hydrogens is 356 g/mol. The Morgan fingerprint density at radius 1 is 0.929 bits per heavy atom. The summed E-state index contributed by atoms with van der Waals surface area (Å²) in [5.41, 5.74) is 9.66. The first-order valence-corrected chi connectivity index (χ1v) is 8.65. The highest BCUT2D eigenvalue weighted by molar-refractivity contribution is 5.99. The SMILES string of the molecule is Cc1c(C(=O)O)cc(-c2ccccc2NCc2cccc(N)c2)cc1C(=O)O. The van der Waals surface area contributed by atoms with E-state index in [0.29, 0.717) is 17.8 Å². The summed E-state index contributed by atoms with van der Waals surface area (Å²) in [5.74, 6) is -2.32. The highest BCUT2D eigenvalue weighted by Gasteiger charge is 2.18. The first kappa shape index (κ1) is 19.0. The molecule has 0 aliphatic carbocycles. The number of carbonyl (C=O) groups is 2. The highest BCUT2D eigenvalue weighted by Crippen LogP contribution is 2.31. The summed E-state index contributed by atoms with van der Waals surface area (Å²) in [6, 6.07) is 17.9. The number of nitrogens with one attached hydrogen (secondary N) is 1. The maximum Gasteiger partial charge on any atom is 0.335 e. The molecule has 3 rings (SSSR count). The number of hydrogen-bond donors (Lipinski definition) is 4. The molecule has 6 nitrogen and oxygen atoms in total.